The van der Waals surface area contributed by atoms with Crippen molar-refractivity contribution >= 4 is 33.7 Å². The van der Waals surface area contributed by atoms with Crippen molar-refractivity contribution in [2.45, 2.75) is 38.6 Å². The maximum Gasteiger partial charge on any atom is 0.148 e. The van der Waals surface area contributed by atoms with Crippen LogP contribution >= 0.6 is 11.6 Å². The zero-order chi connectivity index (χ0) is 24.2. The Morgan fingerprint density at radius 3 is 2.83 bits per heavy atom. The number of nitrogens with one attached hydrogen (secondary N) is 1. The summed E-state index contributed by atoms with van der Waals surface area (Å²) in [5, 5.41) is 4.93. The van der Waals surface area contributed by atoms with Crippen molar-refractivity contribution in [2.24, 2.45) is 0 Å². The van der Waals surface area contributed by atoms with Gasteiger partial charge in [-0.05, 0) is 51.0 Å². The Balaban J connectivity index is 1.32. The lowest BCUT2D eigenvalue weighted by Crippen LogP contribution is -2.31. The third-order valence-corrected chi connectivity index (χ3v) is 6.88. The standard InChI is InChI=1S/C26H22ClFN6O/c1-15-31-19-4-3-18(11-21(19)32-15)35-23-6-5-20-25(24(23)27)33-22(13-29-20)16-12-30-34(14-16)26(2)9-7-17(28)8-10-26/h3-7,11-14H,8-10H2,1-2H3,(H,31,32). The Morgan fingerprint density at radius 1 is 1.14 bits per heavy atom. The van der Waals surface area contributed by atoms with Gasteiger partial charge < -0.3 is 9.72 Å². The zero-order valence-corrected chi connectivity index (χ0v) is 20.0. The number of rotatable bonds is 4. The number of fused-ring (bicyclic) bond motifs is 2. The topological polar surface area (TPSA) is 81.5 Å². The monoisotopic (exact) mass is 488 g/mol. The Hall–Kier alpha value is -3.78. The van der Waals surface area contributed by atoms with E-state index < -0.39 is 0 Å². The number of aromatic amines is 1. The fourth-order valence-electron chi connectivity index (χ4n) is 4.43. The summed E-state index contributed by atoms with van der Waals surface area (Å²) in [6.45, 7) is 3.99. The molecule has 0 aliphatic heterocycles. The molecule has 7 nitrogen and oxygen atoms in total. The molecule has 3 aromatic heterocycles. The highest BCUT2D eigenvalue weighted by Gasteiger charge is 2.30. The summed E-state index contributed by atoms with van der Waals surface area (Å²) in [7, 11) is 0. The number of halogens is 2. The number of allylic oxidation sites excluding steroid dienone is 2. The predicted molar refractivity (Wildman–Crippen MR) is 133 cm³/mol. The molecule has 1 aliphatic carbocycles. The van der Waals surface area contributed by atoms with Gasteiger partial charge in [-0.3, -0.25) is 9.67 Å². The minimum Gasteiger partial charge on any atom is -0.456 e. The molecule has 0 saturated carbocycles. The third kappa shape index (κ3) is 3.93. The number of benzene rings is 2. The quantitative estimate of drug-likeness (QED) is 0.298. The Bertz CT molecular complexity index is 1620. The van der Waals surface area contributed by atoms with Crippen LogP contribution in [0.2, 0.25) is 5.02 Å². The lowest BCUT2D eigenvalue weighted by molar-refractivity contribution is 0.245. The van der Waals surface area contributed by atoms with Crippen LogP contribution in [-0.4, -0.2) is 29.7 Å². The van der Waals surface area contributed by atoms with Crippen molar-refractivity contribution in [1.82, 2.24) is 29.7 Å². The maximum atomic E-state index is 13.5. The summed E-state index contributed by atoms with van der Waals surface area (Å²) in [5.74, 6) is 1.91. The molecule has 0 radical (unpaired) electrons. The van der Waals surface area contributed by atoms with Gasteiger partial charge in [0.1, 0.15) is 27.9 Å². The SMILES string of the molecule is Cc1nc2ccc(Oc3ccc4ncc(-c5cnn(C6(C)CC=C(F)CC6)c5)nc4c3Cl)cc2[nH]1. The second-order valence-electron chi connectivity index (χ2n) is 9.13. The molecule has 1 unspecified atom stereocenters. The van der Waals surface area contributed by atoms with E-state index >= 15 is 0 Å². The lowest BCUT2D eigenvalue weighted by atomic mass is 9.87. The van der Waals surface area contributed by atoms with Crippen molar-refractivity contribution < 1.29 is 9.13 Å². The van der Waals surface area contributed by atoms with Gasteiger partial charge in [-0.2, -0.15) is 5.10 Å². The highest BCUT2D eigenvalue weighted by atomic mass is 35.5. The molecule has 35 heavy (non-hydrogen) atoms. The molecule has 2 aromatic carbocycles. The average molecular weight is 489 g/mol. The van der Waals surface area contributed by atoms with E-state index in [2.05, 4.69) is 27.0 Å². The number of hydrogen-bond acceptors (Lipinski definition) is 5. The van der Waals surface area contributed by atoms with E-state index in [1.165, 1.54) is 0 Å². The van der Waals surface area contributed by atoms with Crippen LogP contribution < -0.4 is 4.74 Å². The Labute approximate surface area is 205 Å². The van der Waals surface area contributed by atoms with E-state index in [9.17, 15) is 4.39 Å². The average Bonchev–Trinajstić information content (AvgIpc) is 3.49. The first-order valence-electron chi connectivity index (χ1n) is 11.4. The molecule has 0 fully saturated rings. The van der Waals surface area contributed by atoms with E-state index in [1.807, 2.05) is 42.1 Å². The first kappa shape index (κ1) is 21.7. The van der Waals surface area contributed by atoms with E-state index in [0.717, 1.165) is 22.4 Å². The second kappa shape index (κ2) is 8.16. The molecular formula is C26H22ClFN6O. The lowest BCUT2D eigenvalue weighted by Gasteiger charge is -2.31. The van der Waals surface area contributed by atoms with Crippen molar-refractivity contribution in [2.75, 3.05) is 0 Å². The van der Waals surface area contributed by atoms with Crippen LogP contribution in [-0.2, 0) is 5.54 Å². The second-order valence-corrected chi connectivity index (χ2v) is 9.51. The Morgan fingerprint density at radius 2 is 2.00 bits per heavy atom. The summed E-state index contributed by atoms with van der Waals surface area (Å²) in [6.07, 6.45) is 8.75. The molecule has 0 saturated heterocycles. The normalized spacial score (nSPS) is 18.2. The number of H-pyrrole nitrogens is 1. The van der Waals surface area contributed by atoms with Gasteiger partial charge in [0.15, 0.2) is 0 Å². The first-order chi connectivity index (χ1) is 16.9. The van der Waals surface area contributed by atoms with E-state index in [-0.39, 0.29) is 11.4 Å². The summed E-state index contributed by atoms with van der Waals surface area (Å²) >= 11 is 6.73. The van der Waals surface area contributed by atoms with Crippen molar-refractivity contribution in [3.05, 3.63) is 71.7 Å². The molecule has 0 amide bonds. The third-order valence-electron chi connectivity index (χ3n) is 6.51. The van der Waals surface area contributed by atoms with Gasteiger partial charge in [0, 0.05) is 24.2 Å². The zero-order valence-electron chi connectivity index (χ0n) is 19.2. The highest BCUT2D eigenvalue weighted by Crippen LogP contribution is 2.37. The van der Waals surface area contributed by atoms with Gasteiger partial charge in [0.25, 0.3) is 0 Å². The van der Waals surface area contributed by atoms with E-state index in [1.54, 1.807) is 24.5 Å². The van der Waals surface area contributed by atoms with Crippen LogP contribution in [0.3, 0.4) is 0 Å². The summed E-state index contributed by atoms with van der Waals surface area (Å²) < 4.78 is 21.5. The number of imidazole rings is 1. The molecule has 0 spiro atoms. The fourth-order valence-corrected chi connectivity index (χ4v) is 4.67. The molecule has 3 heterocycles. The molecule has 176 valence electrons. The summed E-state index contributed by atoms with van der Waals surface area (Å²) in [5.41, 5.74) is 4.17. The van der Waals surface area contributed by atoms with Crippen molar-refractivity contribution in [1.29, 1.82) is 0 Å². The Kier molecular flexibility index (Phi) is 5.07. The number of hydrogen-bond donors (Lipinski definition) is 1. The largest absolute Gasteiger partial charge is 0.456 e. The van der Waals surface area contributed by atoms with Crippen LogP contribution in [0.4, 0.5) is 4.39 Å². The van der Waals surface area contributed by atoms with Crippen molar-refractivity contribution in [3.8, 4) is 22.8 Å². The van der Waals surface area contributed by atoms with Crippen LogP contribution in [0.15, 0.2) is 60.8 Å². The highest BCUT2D eigenvalue weighted by molar-refractivity contribution is 6.36. The van der Waals surface area contributed by atoms with Gasteiger partial charge in [0.2, 0.25) is 0 Å². The molecule has 1 N–H and O–H groups in total. The van der Waals surface area contributed by atoms with Gasteiger partial charge in [-0.1, -0.05) is 17.7 Å². The molecular weight excluding hydrogens is 467 g/mol. The molecule has 1 aliphatic rings. The van der Waals surface area contributed by atoms with Gasteiger partial charge in [0.05, 0.1) is 46.0 Å². The number of ether oxygens (including phenoxy) is 1. The van der Waals surface area contributed by atoms with Crippen LogP contribution in [0.1, 0.15) is 32.0 Å². The van der Waals surface area contributed by atoms with Crippen molar-refractivity contribution in [3.63, 3.8) is 0 Å². The smallest absolute Gasteiger partial charge is 0.148 e. The van der Waals surface area contributed by atoms with Crippen LogP contribution in [0, 0.1) is 6.92 Å². The summed E-state index contributed by atoms with van der Waals surface area (Å²) in [6, 6.07) is 9.26. The maximum absolute atomic E-state index is 13.5. The van der Waals surface area contributed by atoms with Gasteiger partial charge in [-0.25, -0.2) is 14.4 Å². The van der Waals surface area contributed by atoms with Gasteiger partial charge >= 0.3 is 0 Å². The number of aromatic nitrogens is 6. The molecule has 0 bridgehead atoms. The molecule has 6 rings (SSSR count). The van der Waals surface area contributed by atoms with Crippen LogP contribution in [0.5, 0.6) is 11.5 Å². The predicted octanol–water partition coefficient (Wildman–Crippen LogP) is 6.88. The van der Waals surface area contributed by atoms with E-state index in [0.29, 0.717) is 52.5 Å². The van der Waals surface area contributed by atoms with Gasteiger partial charge in [-0.15, -0.1) is 0 Å². The minimum atomic E-state index is -0.273. The first-order valence-corrected chi connectivity index (χ1v) is 11.8. The summed E-state index contributed by atoms with van der Waals surface area (Å²) in [4.78, 5) is 16.9. The molecule has 1 atom stereocenters. The molecule has 5 aromatic rings. The van der Waals surface area contributed by atoms with Crippen LogP contribution in [0.25, 0.3) is 33.3 Å². The molecule has 9 heteroatoms. The minimum absolute atomic E-state index is 0.0532. The number of nitrogens with zero attached hydrogens (tertiary/aromatic N) is 5. The van der Waals surface area contributed by atoms with E-state index in [4.69, 9.17) is 21.3 Å². The fraction of sp³-hybridized carbons (Fsp3) is 0.231. The number of aryl methyl sites for hydroxylation is 1.